The van der Waals surface area contributed by atoms with Gasteiger partial charge in [-0.3, -0.25) is 9.59 Å². The molecule has 1 aliphatic carbocycles. The third kappa shape index (κ3) is 2.51. The molecule has 4 nitrogen and oxygen atoms in total. The normalized spacial score (nSPS) is 24.7. The zero-order chi connectivity index (χ0) is 17.0. The lowest BCUT2D eigenvalue weighted by Gasteiger charge is -2.43. The Morgan fingerprint density at radius 3 is 2.52 bits per heavy atom. The number of rotatable bonds is 2. The lowest BCUT2D eigenvalue weighted by Crippen LogP contribution is -2.49. The van der Waals surface area contributed by atoms with Crippen molar-refractivity contribution in [2.75, 3.05) is 13.1 Å². The number of pyridine rings is 1. The van der Waals surface area contributed by atoms with E-state index in [9.17, 15) is 9.59 Å². The number of hydrogen-bond acceptors (Lipinski definition) is 2. The molecule has 0 unspecified atom stereocenters. The molecule has 2 atom stereocenters. The van der Waals surface area contributed by atoms with Crippen LogP contribution in [0.1, 0.15) is 30.9 Å². The van der Waals surface area contributed by atoms with Crippen LogP contribution in [-0.4, -0.2) is 28.5 Å². The van der Waals surface area contributed by atoms with Gasteiger partial charge >= 0.3 is 0 Å². The Bertz CT molecular complexity index is 883. The minimum Gasteiger partial charge on any atom is -0.341 e. The Morgan fingerprint density at radius 1 is 0.960 bits per heavy atom. The maximum absolute atomic E-state index is 12.6. The van der Waals surface area contributed by atoms with Crippen molar-refractivity contribution in [3.63, 3.8) is 0 Å². The molecule has 5 rings (SSSR count). The predicted octanol–water partition coefficient (Wildman–Crippen LogP) is 2.87. The fourth-order valence-electron chi connectivity index (χ4n) is 4.65. The molecule has 2 aliphatic heterocycles. The van der Waals surface area contributed by atoms with Crippen LogP contribution in [-0.2, 0) is 11.3 Å². The first kappa shape index (κ1) is 14.9. The molecule has 0 radical (unpaired) electrons. The number of benzene rings is 1. The number of carbonyl (C=O) groups excluding carboxylic acids is 1. The lowest BCUT2D eigenvalue weighted by atomic mass is 9.80. The fourth-order valence-corrected chi connectivity index (χ4v) is 4.65. The van der Waals surface area contributed by atoms with Crippen molar-refractivity contribution >= 4 is 5.91 Å². The van der Waals surface area contributed by atoms with Crippen LogP contribution in [0.5, 0.6) is 0 Å². The standard InChI is InChI=1S/C21H22N2O2/c24-19-9-8-18(15-4-2-1-3-5-15)20-17-10-14(12-23(19)20)11-22(13-17)21(25)16-6-7-16/h1-5,8-9,14,16-17H,6-7,10-13H2/t14-,17+/m0/s1. The lowest BCUT2D eigenvalue weighted by molar-refractivity contribution is -0.135. The van der Waals surface area contributed by atoms with Gasteiger partial charge < -0.3 is 9.47 Å². The number of piperidine rings is 1. The summed E-state index contributed by atoms with van der Waals surface area (Å²) in [5.41, 5.74) is 3.51. The predicted molar refractivity (Wildman–Crippen MR) is 96.3 cm³/mol. The molecule has 2 fully saturated rings. The fraction of sp³-hybridized carbons (Fsp3) is 0.429. The molecule has 0 N–H and O–H groups in total. The van der Waals surface area contributed by atoms with Gasteiger partial charge in [0.15, 0.2) is 0 Å². The third-order valence-electron chi connectivity index (χ3n) is 5.91. The van der Waals surface area contributed by atoms with Gasteiger partial charge in [0, 0.05) is 48.8 Å². The van der Waals surface area contributed by atoms with E-state index in [2.05, 4.69) is 17.0 Å². The molecular weight excluding hydrogens is 312 g/mol. The molecule has 2 bridgehead atoms. The van der Waals surface area contributed by atoms with Crippen molar-refractivity contribution < 1.29 is 4.79 Å². The Kier molecular flexibility index (Phi) is 3.34. The molecule has 1 saturated heterocycles. The number of nitrogens with zero attached hydrogens (tertiary/aromatic N) is 2. The monoisotopic (exact) mass is 334 g/mol. The van der Waals surface area contributed by atoms with Crippen molar-refractivity contribution in [1.29, 1.82) is 0 Å². The van der Waals surface area contributed by atoms with Crippen LogP contribution in [0.4, 0.5) is 0 Å². The molecule has 2 aromatic rings. The number of amides is 1. The highest BCUT2D eigenvalue weighted by atomic mass is 16.2. The van der Waals surface area contributed by atoms with Gasteiger partial charge in [0.2, 0.25) is 5.91 Å². The number of carbonyl (C=O) groups is 1. The Hall–Kier alpha value is -2.36. The SMILES string of the molecule is O=C(C1CC1)N1C[C@@H]2C[C@H](C1)c1c(-c3ccccc3)ccc(=O)n1C2. The summed E-state index contributed by atoms with van der Waals surface area (Å²) in [5.74, 6) is 1.27. The van der Waals surface area contributed by atoms with Crippen LogP contribution in [0.15, 0.2) is 47.3 Å². The summed E-state index contributed by atoms with van der Waals surface area (Å²) in [6, 6.07) is 13.9. The number of likely N-dealkylation sites (tertiary alicyclic amines) is 1. The van der Waals surface area contributed by atoms with E-state index in [-0.39, 0.29) is 17.4 Å². The Balaban J connectivity index is 1.58. The van der Waals surface area contributed by atoms with E-state index in [1.807, 2.05) is 28.8 Å². The average Bonchev–Trinajstić information content (AvgIpc) is 3.48. The topological polar surface area (TPSA) is 42.3 Å². The van der Waals surface area contributed by atoms with Crippen LogP contribution in [0.25, 0.3) is 11.1 Å². The first-order valence-corrected chi connectivity index (χ1v) is 9.28. The first-order chi connectivity index (χ1) is 12.2. The van der Waals surface area contributed by atoms with Gasteiger partial charge in [-0.05, 0) is 36.8 Å². The quantitative estimate of drug-likeness (QED) is 0.847. The Morgan fingerprint density at radius 2 is 1.76 bits per heavy atom. The molecule has 1 saturated carbocycles. The summed E-state index contributed by atoms with van der Waals surface area (Å²) >= 11 is 0. The van der Waals surface area contributed by atoms with Crippen molar-refractivity contribution in [3.05, 3.63) is 58.5 Å². The minimum absolute atomic E-state index is 0.0892. The van der Waals surface area contributed by atoms with E-state index >= 15 is 0 Å². The molecule has 1 aromatic heterocycles. The van der Waals surface area contributed by atoms with E-state index in [1.165, 1.54) is 0 Å². The number of fused-ring (bicyclic) bond motifs is 4. The summed E-state index contributed by atoms with van der Waals surface area (Å²) in [7, 11) is 0. The van der Waals surface area contributed by atoms with Crippen molar-refractivity contribution in [2.45, 2.75) is 31.7 Å². The second-order valence-electron chi connectivity index (χ2n) is 7.76. The van der Waals surface area contributed by atoms with Gasteiger partial charge in [-0.2, -0.15) is 0 Å². The summed E-state index contributed by atoms with van der Waals surface area (Å²) in [5, 5.41) is 0. The molecule has 1 amide bonds. The summed E-state index contributed by atoms with van der Waals surface area (Å²) < 4.78 is 1.97. The molecule has 4 heteroatoms. The number of hydrogen-bond donors (Lipinski definition) is 0. The van der Waals surface area contributed by atoms with Gasteiger partial charge in [0.1, 0.15) is 0 Å². The largest absolute Gasteiger partial charge is 0.341 e. The molecule has 3 aliphatic rings. The van der Waals surface area contributed by atoms with Crippen molar-refractivity contribution in [3.8, 4) is 11.1 Å². The van der Waals surface area contributed by atoms with Gasteiger partial charge in [0.25, 0.3) is 5.56 Å². The molecule has 3 heterocycles. The molecule has 25 heavy (non-hydrogen) atoms. The van der Waals surface area contributed by atoms with Crippen molar-refractivity contribution in [2.24, 2.45) is 11.8 Å². The maximum Gasteiger partial charge on any atom is 0.250 e. The third-order valence-corrected chi connectivity index (χ3v) is 5.91. The molecule has 1 aromatic carbocycles. The zero-order valence-electron chi connectivity index (χ0n) is 14.2. The average molecular weight is 334 g/mol. The highest BCUT2D eigenvalue weighted by molar-refractivity contribution is 5.81. The summed E-state index contributed by atoms with van der Waals surface area (Å²) in [6.45, 7) is 2.31. The second kappa shape index (κ2) is 5.58. The van der Waals surface area contributed by atoms with E-state index in [1.54, 1.807) is 6.07 Å². The summed E-state index contributed by atoms with van der Waals surface area (Å²) in [6.07, 6.45) is 3.18. The molecule has 128 valence electrons. The van der Waals surface area contributed by atoms with Crippen LogP contribution >= 0.6 is 0 Å². The second-order valence-corrected chi connectivity index (χ2v) is 7.76. The smallest absolute Gasteiger partial charge is 0.250 e. The highest BCUT2D eigenvalue weighted by Crippen LogP contribution is 2.41. The van der Waals surface area contributed by atoms with Gasteiger partial charge in [0.05, 0.1) is 0 Å². The van der Waals surface area contributed by atoms with E-state index in [4.69, 9.17) is 0 Å². The van der Waals surface area contributed by atoms with Crippen LogP contribution in [0.3, 0.4) is 0 Å². The van der Waals surface area contributed by atoms with Crippen LogP contribution in [0.2, 0.25) is 0 Å². The van der Waals surface area contributed by atoms with E-state index < -0.39 is 0 Å². The van der Waals surface area contributed by atoms with E-state index in [0.717, 1.165) is 55.7 Å². The van der Waals surface area contributed by atoms with Gasteiger partial charge in [-0.1, -0.05) is 30.3 Å². The van der Waals surface area contributed by atoms with E-state index in [0.29, 0.717) is 11.8 Å². The molecule has 0 spiro atoms. The summed E-state index contributed by atoms with van der Waals surface area (Å²) in [4.78, 5) is 27.2. The van der Waals surface area contributed by atoms with Gasteiger partial charge in [-0.25, -0.2) is 0 Å². The van der Waals surface area contributed by atoms with Crippen molar-refractivity contribution in [1.82, 2.24) is 9.47 Å². The maximum atomic E-state index is 12.6. The molecular formula is C21H22N2O2. The Labute approximate surface area is 147 Å². The number of aromatic nitrogens is 1. The zero-order valence-corrected chi connectivity index (χ0v) is 14.2. The first-order valence-electron chi connectivity index (χ1n) is 9.28. The van der Waals surface area contributed by atoms with Crippen LogP contribution < -0.4 is 5.56 Å². The minimum atomic E-state index is 0.0892. The highest BCUT2D eigenvalue weighted by Gasteiger charge is 2.41. The van der Waals surface area contributed by atoms with Gasteiger partial charge in [-0.15, -0.1) is 0 Å². The van der Waals surface area contributed by atoms with Crippen LogP contribution in [0, 0.1) is 11.8 Å².